The summed E-state index contributed by atoms with van der Waals surface area (Å²) in [4.78, 5) is 7.45. The topological polar surface area (TPSA) is 84.1 Å². The number of nitrogens with one attached hydrogen (secondary N) is 2. The minimum Gasteiger partial charge on any atom is -0.496 e. The third-order valence-corrected chi connectivity index (χ3v) is 4.52. The molecule has 1 heterocycles. The first-order chi connectivity index (χ1) is 11.7. The molecule has 0 aliphatic heterocycles. The van der Waals surface area contributed by atoms with Gasteiger partial charge in [-0.1, -0.05) is 12.1 Å². The first-order valence-corrected chi connectivity index (χ1v) is 8.42. The summed E-state index contributed by atoms with van der Waals surface area (Å²) in [6.45, 7) is 0. The van der Waals surface area contributed by atoms with Gasteiger partial charge >= 0.3 is 15.5 Å². The summed E-state index contributed by atoms with van der Waals surface area (Å²) in [7, 11) is -4.18. The van der Waals surface area contributed by atoms with Crippen LogP contribution < -0.4 is 9.46 Å². The minimum atomic E-state index is -5.50. The number of anilines is 1. The molecule has 0 fully saturated rings. The molecule has 0 bridgehead atoms. The number of fused-ring (bicyclic) bond motifs is 1. The number of alkyl halides is 3. The van der Waals surface area contributed by atoms with Crippen molar-refractivity contribution in [2.75, 3.05) is 11.8 Å². The van der Waals surface area contributed by atoms with E-state index in [9.17, 15) is 21.6 Å². The van der Waals surface area contributed by atoms with E-state index in [0.717, 1.165) is 11.6 Å². The quantitative estimate of drug-likeness (QED) is 0.686. The standard InChI is InChI=1S/C15H12F3N3O3S.ClH/c1-24-13-8-9(21-25(22,23)15(16,17)18)6-7-10(13)14-19-11-4-2-3-5-12(11)20-14;/h2-8,21H,1H3,(H,19,20);1H. The number of H-pyrrole nitrogens is 1. The van der Waals surface area contributed by atoms with Gasteiger partial charge in [-0.2, -0.15) is 21.6 Å². The number of hydrogen-bond acceptors (Lipinski definition) is 4. The molecule has 2 aromatic carbocycles. The summed E-state index contributed by atoms with van der Waals surface area (Å²) in [6.07, 6.45) is 0. The van der Waals surface area contributed by atoms with Crippen LogP contribution in [0.4, 0.5) is 18.9 Å². The van der Waals surface area contributed by atoms with E-state index in [-0.39, 0.29) is 23.8 Å². The number of imidazole rings is 1. The van der Waals surface area contributed by atoms with Crippen molar-refractivity contribution in [3.8, 4) is 17.1 Å². The first-order valence-electron chi connectivity index (χ1n) is 6.93. The molecule has 0 atom stereocenters. The molecule has 3 aromatic rings. The van der Waals surface area contributed by atoms with Crippen molar-refractivity contribution in [1.82, 2.24) is 9.97 Å². The SMILES string of the molecule is COc1cc(NS(=O)(=O)C(F)(F)F)ccc1-c1nc2ccccc2[nH]1.Cl. The Balaban J connectivity index is 0.00000243. The van der Waals surface area contributed by atoms with Gasteiger partial charge < -0.3 is 9.72 Å². The van der Waals surface area contributed by atoms with Crippen LogP contribution in [0.25, 0.3) is 22.4 Å². The minimum absolute atomic E-state index is 0. The average Bonchev–Trinajstić information content (AvgIpc) is 2.97. The Kier molecular flexibility index (Phi) is 5.38. The van der Waals surface area contributed by atoms with Gasteiger partial charge in [-0.3, -0.25) is 4.72 Å². The molecular weight excluding hydrogens is 395 g/mol. The number of rotatable bonds is 4. The van der Waals surface area contributed by atoms with Crippen LogP contribution in [0, 0.1) is 0 Å². The number of sulfonamides is 1. The highest BCUT2D eigenvalue weighted by Crippen LogP contribution is 2.33. The highest BCUT2D eigenvalue weighted by Gasteiger charge is 2.46. The molecule has 11 heteroatoms. The molecule has 140 valence electrons. The van der Waals surface area contributed by atoms with Crippen molar-refractivity contribution in [3.05, 3.63) is 42.5 Å². The van der Waals surface area contributed by atoms with Crippen LogP contribution in [0.5, 0.6) is 5.75 Å². The van der Waals surface area contributed by atoms with Crippen LogP contribution in [-0.4, -0.2) is 31.0 Å². The van der Waals surface area contributed by atoms with Crippen molar-refractivity contribution < 1.29 is 26.3 Å². The summed E-state index contributed by atoms with van der Waals surface area (Å²) in [6, 6.07) is 11.1. The van der Waals surface area contributed by atoms with Crippen LogP contribution in [0.15, 0.2) is 42.5 Å². The van der Waals surface area contributed by atoms with Crippen LogP contribution in [0.2, 0.25) is 0 Å². The van der Waals surface area contributed by atoms with E-state index in [1.165, 1.54) is 24.0 Å². The number of hydrogen-bond donors (Lipinski definition) is 2. The maximum Gasteiger partial charge on any atom is 0.516 e. The van der Waals surface area contributed by atoms with Gasteiger partial charge in [0.2, 0.25) is 0 Å². The van der Waals surface area contributed by atoms with E-state index in [2.05, 4.69) is 9.97 Å². The smallest absolute Gasteiger partial charge is 0.496 e. The van der Waals surface area contributed by atoms with Crippen molar-refractivity contribution in [1.29, 1.82) is 0 Å². The fraction of sp³-hybridized carbons (Fsp3) is 0.133. The number of benzene rings is 2. The lowest BCUT2D eigenvalue weighted by atomic mass is 10.1. The number of methoxy groups -OCH3 is 1. The van der Waals surface area contributed by atoms with E-state index in [0.29, 0.717) is 16.9 Å². The zero-order chi connectivity index (χ0) is 18.2. The summed E-state index contributed by atoms with van der Waals surface area (Å²) >= 11 is 0. The molecular formula is C15H13ClF3N3O3S. The Morgan fingerprint density at radius 1 is 1.15 bits per heavy atom. The number of aromatic nitrogens is 2. The zero-order valence-corrected chi connectivity index (χ0v) is 14.8. The second-order valence-corrected chi connectivity index (χ2v) is 6.74. The molecule has 0 unspecified atom stereocenters. The number of para-hydroxylation sites is 2. The Hall–Kier alpha value is -2.46. The van der Waals surface area contributed by atoms with Gasteiger partial charge in [0.1, 0.15) is 11.6 Å². The van der Waals surface area contributed by atoms with Crippen LogP contribution in [0.1, 0.15) is 0 Å². The maximum absolute atomic E-state index is 12.5. The van der Waals surface area contributed by atoms with E-state index < -0.39 is 15.5 Å². The summed E-state index contributed by atoms with van der Waals surface area (Å²) < 4.78 is 66.4. The van der Waals surface area contributed by atoms with Gasteiger partial charge in [0.25, 0.3) is 0 Å². The largest absolute Gasteiger partial charge is 0.516 e. The summed E-state index contributed by atoms with van der Waals surface area (Å²) in [5.41, 5.74) is -3.71. The lowest BCUT2D eigenvalue weighted by Crippen LogP contribution is -2.29. The van der Waals surface area contributed by atoms with Crippen LogP contribution >= 0.6 is 12.4 Å². The van der Waals surface area contributed by atoms with Gasteiger partial charge in [-0.25, -0.2) is 4.98 Å². The first kappa shape index (κ1) is 19.9. The lowest BCUT2D eigenvalue weighted by Gasteiger charge is -2.13. The van der Waals surface area contributed by atoms with Crippen molar-refractivity contribution in [2.45, 2.75) is 5.51 Å². The predicted molar refractivity (Wildman–Crippen MR) is 93.9 cm³/mol. The molecule has 0 saturated heterocycles. The number of halogens is 4. The predicted octanol–water partition coefficient (Wildman–Crippen LogP) is 3.92. The molecule has 0 spiro atoms. The third kappa shape index (κ3) is 3.70. The van der Waals surface area contributed by atoms with Gasteiger partial charge in [-0.15, -0.1) is 12.4 Å². The molecule has 3 rings (SSSR count). The monoisotopic (exact) mass is 407 g/mol. The Morgan fingerprint density at radius 3 is 2.46 bits per heavy atom. The molecule has 1 aromatic heterocycles. The maximum atomic E-state index is 12.5. The second kappa shape index (κ2) is 7.04. The Bertz CT molecular complexity index is 1000. The Morgan fingerprint density at radius 2 is 1.85 bits per heavy atom. The van der Waals surface area contributed by atoms with E-state index in [4.69, 9.17) is 4.74 Å². The van der Waals surface area contributed by atoms with Crippen molar-refractivity contribution in [3.63, 3.8) is 0 Å². The molecule has 0 saturated carbocycles. The highest BCUT2D eigenvalue weighted by atomic mass is 35.5. The molecule has 6 nitrogen and oxygen atoms in total. The summed E-state index contributed by atoms with van der Waals surface area (Å²) in [5.74, 6) is 0.615. The van der Waals surface area contributed by atoms with Gasteiger partial charge in [0, 0.05) is 6.07 Å². The van der Waals surface area contributed by atoms with E-state index in [1.54, 1.807) is 6.07 Å². The molecule has 0 amide bonds. The van der Waals surface area contributed by atoms with Gasteiger partial charge in [-0.05, 0) is 24.3 Å². The van der Waals surface area contributed by atoms with Gasteiger partial charge in [0.05, 0.1) is 29.4 Å². The summed E-state index contributed by atoms with van der Waals surface area (Å²) in [5, 5.41) is 0. The molecule has 2 N–H and O–H groups in total. The Labute approximate surface area is 152 Å². The molecule has 0 aliphatic rings. The number of nitrogens with zero attached hydrogens (tertiary/aromatic N) is 1. The lowest BCUT2D eigenvalue weighted by molar-refractivity contribution is -0.0429. The van der Waals surface area contributed by atoms with Crippen molar-refractivity contribution in [2.24, 2.45) is 0 Å². The molecule has 0 radical (unpaired) electrons. The van der Waals surface area contributed by atoms with Crippen LogP contribution in [-0.2, 0) is 10.0 Å². The van der Waals surface area contributed by atoms with E-state index in [1.807, 2.05) is 18.2 Å². The third-order valence-electron chi connectivity index (χ3n) is 3.40. The second-order valence-electron chi connectivity index (χ2n) is 5.07. The zero-order valence-electron chi connectivity index (χ0n) is 13.2. The fourth-order valence-corrected chi connectivity index (χ4v) is 2.80. The van der Waals surface area contributed by atoms with Crippen LogP contribution in [0.3, 0.4) is 0 Å². The molecule has 26 heavy (non-hydrogen) atoms. The van der Waals surface area contributed by atoms with E-state index >= 15 is 0 Å². The molecule has 0 aliphatic carbocycles. The highest BCUT2D eigenvalue weighted by molar-refractivity contribution is 7.93. The fourth-order valence-electron chi connectivity index (χ4n) is 2.24. The number of aromatic amines is 1. The van der Waals surface area contributed by atoms with Gasteiger partial charge in [0.15, 0.2) is 0 Å². The normalized spacial score (nSPS) is 11.8. The average molecular weight is 408 g/mol. The van der Waals surface area contributed by atoms with Crippen molar-refractivity contribution >= 4 is 39.2 Å². The number of ether oxygens (including phenoxy) is 1.